The normalized spacial score (nSPS) is 12.6. The molecule has 23 heavy (non-hydrogen) atoms. The molecule has 0 unspecified atom stereocenters. The number of hydrogen-bond acceptors (Lipinski definition) is 3. The Bertz CT molecular complexity index is 555. The van der Waals surface area contributed by atoms with E-state index in [1.807, 2.05) is 32.9 Å². The third kappa shape index (κ3) is 8.06. The predicted molar refractivity (Wildman–Crippen MR) is 93.5 cm³/mol. The van der Waals surface area contributed by atoms with Gasteiger partial charge in [-0.3, -0.25) is 4.84 Å². The van der Waals surface area contributed by atoms with Gasteiger partial charge in [0.15, 0.2) is 0 Å². The first-order valence-corrected chi connectivity index (χ1v) is 7.63. The van der Waals surface area contributed by atoms with Crippen LogP contribution in [-0.4, -0.2) is 31.2 Å². The number of aliphatic imine (C=N–C) groups is 2. The monoisotopic (exact) mass is 321 g/mol. The van der Waals surface area contributed by atoms with Crippen molar-refractivity contribution in [3.05, 3.63) is 29.3 Å². The summed E-state index contributed by atoms with van der Waals surface area (Å²) in [6.07, 6.45) is 0.711. The van der Waals surface area contributed by atoms with Crippen LogP contribution in [0.25, 0.3) is 0 Å². The van der Waals surface area contributed by atoms with E-state index in [0.29, 0.717) is 19.6 Å². The van der Waals surface area contributed by atoms with Crippen molar-refractivity contribution in [2.45, 2.75) is 40.2 Å². The molecule has 0 spiro atoms. The number of hydrogen-bond donors (Lipinski definition) is 3. The summed E-state index contributed by atoms with van der Waals surface area (Å²) < 4.78 is 5.70. The van der Waals surface area contributed by atoms with Gasteiger partial charge in [-0.15, -0.1) is 0 Å². The molecule has 0 aromatic heterocycles. The largest absolute Gasteiger partial charge is 0.493 e. The molecule has 0 aliphatic carbocycles. The quantitative estimate of drug-likeness (QED) is 0.306. The average Bonchev–Trinajstić information content (AvgIpc) is 2.43. The highest BCUT2D eigenvalue weighted by molar-refractivity contribution is 5.92. The van der Waals surface area contributed by atoms with Crippen LogP contribution < -0.4 is 21.7 Å². The number of benzene rings is 1. The SMILES string of the molecule is Cc1ccc(OCCCONC(N)=NC(N)=NC(C)C)c(C)c1. The number of guanidine groups is 2. The summed E-state index contributed by atoms with van der Waals surface area (Å²) in [5.74, 6) is 1.08. The zero-order chi connectivity index (χ0) is 17.2. The van der Waals surface area contributed by atoms with E-state index in [1.54, 1.807) is 0 Å². The Balaban J connectivity index is 2.21. The molecular formula is C16H27N5O2. The molecule has 0 amide bonds. The van der Waals surface area contributed by atoms with Crippen LogP contribution in [0.2, 0.25) is 0 Å². The molecule has 1 aromatic carbocycles. The molecule has 0 radical (unpaired) electrons. The van der Waals surface area contributed by atoms with Gasteiger partial charge in [-0.2, -0.15) is 4.99 Å². The van der Waals surface area contributed by atoms with Crippen molar-refractivity contribution in [2.75, 3.05) is 13.2 Å². The molecule has 1 aromatic rings. The second-order valence-electron chi connectivity index (χ2n) is 5.50. The highest BCUT2D eigenvalue weighted by atomic mass is 16.6. The second kappa shape index (κ2) is 9.68. The maximum absolute atomic E-state index is 5.70. The van der Waals surface area contributed by atoms with Crippen LogP contribution in [0.5, 0.6) is 5.75 Å². The maximum atomic E-state index is 5.70. The van der Waals surface area contributed by atoms with Crippen molar-refractivity contribution in [1.82, 2.24) is 5.48 Å². The molecule has 0 saturated carbocycles. The molecule has 0 fully saturated rings. The summed E-state index contributed by atoms with van der Waals surface area (Å²) in [7, 11) is 0. The summed E-state index contributed by atoms with van der Waals surface area (Å²) in [6, 6.07) is 6.16. The Morgan fingerprint density at radius 3 is 2.61 bits per heavy atom. The summed E-state index contributed by atoms with van der Waals surface area (Å²) in [4.78, 5) is 13.1. The standard InChI is InChI=1S/C16H27N5O2/c1-11(2)19-15(17)20-16(18)21-23-9-5-8-22-14-7-6-12(3)10-13(14)4/h6-7,10-11H,5,8-9H2,1-4H3,(H5,17,18,19,20,21). The molecule has 1 rings (SSSR count). The smallest absolute Gasteiger partial charge is 0.221 e. The molecule has 0 heterocycles. The molecule has 5 N–H and O–H groups in total. The number of nitrogens with one attached hydrogen (secondary N) is 1. The second-order valence-corrected chi connectivity index (χ2v) is 5.50. The van der Waals surface area contributed by atoms with Gasteiger partial charge in [-0.25, -0.2) is 10.5 Å². The van der Waals surface area contributed by atoms with Crippen molar-refractivity contribution < 1.29 is 9.57 Å². The van der Waals surface area contributed by atoms with E-state index in [4.69, 9.17) is 21.0 Å². The van der Waals surface area contributed by atoms with Crippen LogP contribution in [0.15, 0.2) is 28.2 Å². The topological polar surface area (TPSA) is 107 Å². The lowest BCUT2D eigenvalue weighted by molar-refractivity contribution is 0.0738. The Morgan fingerprint density at radius 2 is 1.96 bits per heavy atom. The highest BCUT2D eigenvalue weighted by Crippen LogP contribution is 2.18. The van der Waals surface area contributed by atoms with E-state index in [2.05, 4.69) is 28.5 Å². The molecule has 0 atom stereocenters. The zero-order valence-corrected chi connectivity index (χ0v) is 14.3. The lowest BCUT2D eigenvalue weighted by atomic mass is 10.1. The third-order valence-electron chi connectivity index (χ3n) is 2.78. The first-order valence-electron chi connectivity index (χ1n) is 7.63. The molecule has 0 saturated heterocycles. The molecule has 0 aliphatic heterocycles. The van der Waals surface area contributed by atoms with Crippen LogP contribution in [-0.2, 0) is 4.84 Å². The maximum Gasteiger partial charge on any atom is 0.221 e. The fourth-order valence-electron chi connectivity index (χ4n) is 1.84. The number of aryl methyl sites for hydroxylation is 2. The predicted octanol–water partition coefficient (Wildman–Crippen LogP) is 1.63. The molecule has 7 nitrogen and oxygen atoms in total. The Morgan fingerprint density at radius 1 is 1.22 bits per heavy atom. The number of hydroxylamine groups is 1. The molecule has 128 valence electrons. The van der Waals surface area contributed by atoms with E-state index in [-0.39, 0.29) is 18.0 Å². The van der Waals surface area contributed by atoms with Gasteiger partial charge in [0.25, 0.3) is 0 Å². The van der Waals surface area contributed by atoms with Gasteiger partial charge in [-0.05, 0) is 39.3 Å². The van der Waals surface area contributed by atoms with Crippen LogP contribution in [0.4, 0.5) is 0 Å². The zero-order valence-electron chi connectivity index (χ0n) is 14.3. The van der Waals surface area contributed by atoms with Crippen molar-refractivity contribution in [3.8, 4) is 5.75 Å². The molecular weight excluding hydrogens is 294 g/mol. The van der Waals surface area contributed by atoms with Gasteiger partial charge in [-0.1, -0.05) is 17.7 Å². The molecule has 0 bridgehead atoms. The van der Waals surface area contributed by atoms with Gasteiger partial charge in [0, 0.05) is 12.5 Å². The third-order valence-corrected chi connectivity index (χ3v) is 2.78. The lowest BCUT2D eigenvalue weighted by Gasteiger charge is -2.10. The summed E-state index contributed by atoms with van der Waals surface area (Å²) >= 11 is 0. The van der Waals surface area contributed by atoms with Gasteiger partial charge >= 0.3 is 0 Å². The summed E-state index contributed by atoms with van der Waals surface area (Å²) in [5.41, 5.74) is 16.1. The van der Waals surface area contributed by atoms with E-state index in [0.717, 1.165) is 11.3 Å². The van der Waals surface area contributed by atoms with E-state index < -0.39 is 0 Å². The van der Waals surface area contributed by atoms with E-state index in [9.17, 15) is 0 Å². The van der Waals surface area contributed by atoms with Gasteiger partial charge in [0.1, 0.15) is 5.75 Å². The summed E-state index contributed by atoms with van der Waals surface area (Å²) in [5, 5.41) is 0. The Hall–Kier alpha value is -2.28. The number of nitrogens with two attached hydrogens (primary N) is 2. The van der Waals surface area contributed by atoms with Gasteiger partial charge in [0.2, 0.25) is 11.9 Å². The Labute approximate surface area is 137 Å². The van der Waals surface area contributed by atoms with Crippen LogP contribution >= 0.6 is 0 Å². The fraction of sp³-hybridized carbons (Fsp3) is 0.500. The number of ether oxygens (including phenoxy) is 1. The van der Waals surface area contributed by atoms with Crippen molar-refractivity contribution >= 4 is 11.9 Å². The fourth-order valence-corrected chi connectivity index (χ4v) is 1.84. The first kappa shape index (κ1) is 18.8. The minimum Gasteiger partial charge on any atom is -0.493 e. The van der Waals surface area contributed by atoms with Crippen molar-refractivity contribution in [1.29, 1.82) is 0 Å². The van der Waals surface area contributed by atoms with Crippen molar-refractivity contribution in [3.63, 3.8) is 0 Å². The van der Waals surface area contributed by atoms with Crippen molar-refractivity contribution in [2.24, 2.45) is 21.5 Å². The number of rotatable bonds is 7. The average molecular weight is 321 g/mol. The number of nitrogens with zero attached hydrogens (tertiary/aromatic N) is 2. The van der Waals surface area contributed by atoms with Crippen LogP contribution in [0.1, 0.15) is 31.4 Å². The van der Waals surface area contributed by atoms with Gasteiger partial charge < -0.3 is 16.2 Å². The highest BCUT2D eigenvalue weighted by Gasteiger charge is 2.00. The van der Waals surface area contributed by atoms with Gasteiger partial charge in [0.05, 0.1) is 13.2 Å². The first-order chi connectivity index (χ1) is 10.9. The molecule has 7 heteroatoms. The minimum atomic E-state index is 0.0647. The Kier molecular flexibility index (Phi) is 7.90. The van der Waals surface area contributed by atoms with Crippen LogP contribution in [0, 0.1) is 13.8 Å². The van der Waals surface area contributed by atoms with E-state index in [1.165, 1.54) is 5.56 Å². The van der Waals surface area contributed by atoms with E-state index >= 15 is 0 Å². The summed E-state index contributed by atoms with van der Waals surface area (Å²) in [6.45, 7) is 8.88. The van der Waals surface area contributed by atoms with Crippen LogP contribution in [0.3, 0.4) is 0 Å². The molecule has 0 aliphatic rings. The minimum absolute atomic E-state index is 0.0647. The lowest BCUT2D eigenvalue weighted by Crippen LogP contribution is -2.34.